The molecule has 1 aromatic heterocycles. The zero-order valence-electron chi connectivity index (χ0n) is 14.8. The zero-order chi connectivity index (χ0) is 17.0. The summed E-state index contributed by atoms with van der Waals surface area (Å²) in [6.45, 7) is 15.9. The Morgan fingerprint density at radius 2 is 2.05 bits per heavy atom. The van der Waals surface area contributed by atoms with Crippen molar-refractivity contribution in [2.75, 3.05) is 6.61 Å². The molecular formula is C15H29N3O2SSi. The first-order chi connectivity index (χ1) is 10.0. The van der Waals surface area contributed by atoms with Crippen molar-refractivity contribution >= 4 is 25.3 Å². The molecular weight excluding hydrogens is 314 g/mol. The Hall–Kier alpha value is -0.793. The lowest BCUT2D eigenvalue weighted by molar-refractivity contribution is 0.0856. The Morgan fingerprint density at radius 3 is 2.59 bits per heavy atom. The van der Waals surface area contributed by atoms with Gasteiger partial charge < -0.3 is 9.30 Å². The Morgan fingerprint density at radius 1 is 1.41 bits per heavy atom. The molecule has 5 nitrogen and oxygen atoms in total. The fourth-order valence-electron chi connectivity index (χ4n) is 1.54. The predicted octanol–water partition coefficient (Wildman–Crippen LogP) is 3.38. The SMILES string of the molecule is Cc1cnc(C=NS(=O)C(C)(C)C)n1COCC[Si](C)(C)C. The quantitative estimate of drug-likeness (QED) is 0.433. The Balaban J connectivity index is 2.68. The normalized spacial score (nSPS) is 14.7. The summed E-state index contributed by atoms with van der Waals surface area (Å²) in [7, 11) is -2.35. The average molecular weight is 344 g/mol. The third-order valence-corrected chi connectivity index (χ3v) is 6.14. The lowest BCUT2D eigenvalue weighted by atomic mass is 10.3. The van der Waals surface area contributed by atoms with E-state index in [1.165, 1.54) is 0 Å². The highest BCUT2D eigenvalue weighted by Gasteiger charge is 2.18. The molecule has 0 aliphatic heterocycles. The molecule has 0 spiro atoms. The van der Waals surface area contributed by atoms with Gasteiger partial charge in [0.15, 0.2) is 5.82 Å². The number of rotatable bonds is 7. The highest BCUT2D eigenvalue weighted by Crippen LogP contribution is 2.13. The van der Waals surface area contributed by atoms with Gasteiger partial charge in [0.2, 0.25) is 0 Å². The molecule has 1 aromatic rings. The van der Waals surface area contributed by atoms with Gasteiger partial charge in [0, 0.05) is 26.6 Å². The summed E-state index contributed by atoms with van der Waals surface area (Å²) in [5.41, 5.74) is 1.01. The van der Waals surface area contributed by atoms with Crippen molar-refractivity contribution < 1.29 is 8.95 Å². The fourth-order valence-corrected chi connectivity index (χ4v) is 2.80. The van der Waals surface area contributed by atoms with Gasteiger partial charge in [-0.15, -0.1) is 0 Å². The van der Waals surface area contributed by atoms with Gasteiger partial charge in [0.25, 0.3) is 0 Å². The molecule has 1 heterocycles. The molecule has 1 atom stereocenters. The fraction of sp³-hybridized carbons (Fsp3) is 0.733. The summed E-state index contributed by atoms with van der Waals surface area (Å²) >= 11 is 0. The molecule has 1 unspecified atom stereocenters. The topological polar surface area (TPSA) is 56.5 Å². The van der Waals surface area contributed by atoms with E-state index in [0.29, 0.717) is 12.6 Å². The number of ether oxygens (including phenoxy) is 1. The first-order valence-corrected chi connectivity index (χ1v) is 12.4. The second kappa shape index (κ2) is 7.65. The van der Waals surface area contributed by atoms with Crippen molar-refractivity contribution in [2.45, 2.75) is 64.9 Å². The van der Waals surface area contributed by atoms with E-state index in [0.717, 1.165) is 18.3 Å². The molecule has 0 amide bonds. The van der Waals surface area contributed by atoms with Crippen LogP contribution in [0.25, 0.3) is 0 Å². The van der Waals surface area contributed by atoms with Crippen molar-refractivity contribution in [1.29, 1.82) is 0 Å². The van der Waals surface area contributed by atoms with Crippen LogP contribution in [0.15, 0.2) is 10.6 Å². The van der Waals surface area contributed by atoms with Crippen LogP contribution in [-0.2, 0) is 22.5 Å². The number of aryl methyl sites for hydroxylation is 1. The molecule has 0 aliphatic rings. The van der Waals surface area contributed by atoms with E-state index in [-0.39, 0.29) is 4.75 Å². The van der Waals surface area contributed by atoms with Crippen molar-refractivity contribution in [3.05, 3.63) is 17.7 Å². The molecule has 1 rings (SSSR count). The average Bonchev–Trinajstić information content (AvgIpc) is 2.70. The summed E-state index contributed by atoms with van der Waals surface area (Å²) in [6, 6.07) is 1.14. The van der Waals surface area contributed by atoms with Gasteiger partial charge in [0.05, 0.1) is 11.0 Å². The van der Waals surface area contributed by atoms with E-state index in [1.807, 2.05) is 32.3 Å². The van der Waals surface area contributed by atoms with Gasteiger partial charge in [-0.25, -0.2) is 9.19 Å². The van der Waals surface area contributed by atoms with E-state index in [9.17, 15) is 4.21 Å². The van der Waals surface area contributed by atoms with Crippen LogP contribution in [0.2, 0.25) is 25.7 Å². The van der Waals surface area contributed by atoms with Crippen LogP contribution in [0.4, 0.5) is 0 Å². The molecule has 0 fully saturated rings. The molecule has 0 bridgehead atoms. The first kappa shape index (κ1) is 19.3. The van der Waals surface area contributed by atoms with Crippen molar-refractivity contribution in [3.8, 4) is 0 Å². The minimum Gasteiger partial charge on any atom is -0.361 e. The van der Waals surface area contributed by atoms with Crippen molar-refractivity contribution in [3.63, 3.8) is 0 Å². The van der Waals surface area contributed by atoms with Crippen molar-refractivity contribution in [2.24, 2.45) is 4.40 Å². The molecule has 22 heavy (non-hydrogen) atoms. The lowest BCUT2D eigenvalue weighted by Crippen LogP contribution is -2.22. The van der Waals surface area contributed by atoms with Crippen LogP contribution in [0.1, 0.15) is 32.3 Å². The van der Waals surface area contributed by atoms with Crippen LogP contribution in [0.3, 0.4) is 0 Å². The molecule has 0 saturated heterocycles. The largest absolute Gasteiger partial charge is 0.361 e. The van der Waals surface area contributed by atoms with Gasteiger partial charge in [-0.1, -0.05) is 19.6 Å². The molecule has 7 heteroatoms. The zero-order valence-corrected chi connectivity index (χ0v) is 16.7. The Bertz CT molecular complexity index is 542. The summed E-state index contributed by atoms with van der Waals surface area (Å²) in [5.74, 6) is 0.683. The predicted molar refractivity (Wildman–Crippen MR) is 96.6 cm³/mol. The Kier molecular flexibility index (Phi) is 6.70. The summed E-state index contributed by atoms with van der Waals surface area (Å²) in [4.78, 5) is 4.31. The standard InChI is InChI=1S/C15H29N3O2SSi/c1-13-10-16-14(11-17-21(19)15(2,3)4)18(13)12-20-8-9-22(5,6)7/h10-11H,8-9,12H2,1-7H3. The van der Waals surface area contributed by atoms with E-state index in [1.54, 1.807) is 12.4 Å². The minimum atomic E-state index is -1.28. The van der Waals surface area contributed by atoms with Crippen LogP contribution < -0.4 is 0 Å². The van der Waals surface area contributed by atoms with Crippen molar-refractivity contribution in [1.82, 2.24) is 9.55 Å². The second-order valence-electron chi connectivity index (χ2n) is 7.63. The third-order valence-electron chi connectivity index (χ3n) is 3.09. The molecule has 0 radical (unpaired) electrons. The molecule has 0 N–H and O–H groups in total. The van der Waals surface area contributed by atoms with Gasteiger partial charge in [-0.3, -0.25) is 0 Å². The molecule has 0 aliphatic carbocycles. The maximum absolute atomic E-state index is 12.0. The number of aromatic nitrogens is 2. The van der Waals surface area contributed by atoms with Gasteiger partial charge in [-0.05, 0) is 33.7 Å². The van der Waals surface area contributed by atoms with Gasteiger partial charge in [0.1, 0.15) is 17.7 Å². The number of imidazole rings is 1. The molecule has 126 valence electrons. The van der Waals surface area contributed by atoms with E-state index in [4.69, 9.17) is 4.74 Å². The Labute approximate surface area is 137 Å². The highest BCUT2D eigenvalue weighted by molar-refractivity contribution is 7.85. The van der Waals surface area contributed by atoms with Crippen LogP contribution in [0.5, 0.6) is 0 Å². The van der Waals surface area contributed by atoms with E-state index in [2.05, 4.69) is 29.0 Å². The van der Waals surface area contributed by atoms with Crippen LogP contribution >= 0.6 is 0 Å². The smallest absolute Gasteiger partial charge is 0.153 e. The monoisotopic (exact) mass is 343 g/mol. The summed E-state index contributed by atoms with van der Waals surface area (Å²) in [6.07, 6.45) is 3.36. The number of nitrogens with zero attached hydrogens (tertiary/aromatic N) is 3. The third kappa shape index (κ3) is 6.54. The van der Waals surface area contributed by atoms with E-state index >= 15 is 0 Å². The lowest BCUT2D eigenvalue weighted by Gasteiger charge is -2.16. The molecule has 0 aromatic carbocycles. The van der Waals surface area contributed by atoms with E-state index < -0.39 is 19.1 Å². The number of hydrogen-bond acceptors (Lipinski definition) is 3. The van der Waals surface area contributed by atoms with Crippen LogP contribution in [-0.4, -0.2) is 39.4 Å². The first-order valence-electron chi connectivity index (χ1n) is 7.57. The van der Waals surface area contributed by atoms with Gasteiger partial charge in [-0.2, -0.15) is 4.40 Å². The van der Waals surface area contributed by atoms with Gasteiger partial charge >= 0.3 is 0 Å². The molecule has 0 saturated carbocycles. The maximum Gasteiger partial charge on any atom is 0.153 e. The minimum absolute atomic E-state index is 0.364. The highest BCUT2D eigenvalue weighted by atomic mass is 32.2. The summed E-state index contributed by atoms with van der Waals surface area (Å²) in [5, 5.41) is 0. The number of hydrogen-bond donors (Lipinski definition) is 0. The van der Waals surface area contributed by atoms with Crippen LogP contribution in [0, 0.1) is 6.92 Å². The maximum atomic E-state index is 12.0. The second-order valence-corrected chi connectivity index (χ2v) is 15.2. The summed E-state index contributed by atoms with van der Waals surface area (Å²) < 4.78 is 23.5.